The maximum atomic E-state index is 11.8. The lowest BCUT2D eigenvalue weighted by Gasteiger charge is -2.19. The van der Waals surface area contributed by atoms with Crippen LogP contribution >= 0.6 is 0 Å². The van der Waals surface area contributed by atoms with E-state index in [1.54, 1.807) is 26.4 Å². The maximum Gasteiger partial charge on any atom is 0.254 e. The van der Waals surface area contributed by atoms with E-state index in [4.69, 9.17) is 5.73 Å². The highest BCUT2D eigenvalue weighted by atomic mass is 16.2. The summed E-state index contributed by atoms with van der Waals surface area (Å²) in [6.45, 7) is 0.505. The van der Waals surface area contributed by atoms with Crippen molar-refractivity contribution in [1.29, 1.82) is 0 Å². The Morgan fingerprint density at radius 1 is 1.19 bits per heavy atom. The summed E-state index contributed by atoms with van der Waals surface area (Å²) in [5.41, 5.74) is 8.32. The molecule has 0 aliphatic heterocycles. The van der Waals surface area contributed by atoms with Crippen molar-refractivity contribution < 1.29 is 4.79 Å². The minimum absolute atomic E-state index is 0.0539. The first kappa shape index (κ1) is 15.0. The molecule has 0 fully saturated rings. The predicted molar refractivity (Wildman–Crippen MR) is 84.7 cm³/mol. The van der Waals surface area contributed by atoms with Gasteiger partial charge >= 0.3 is 0 Å². The standard InChI is InChI=1S/C16H20N4O/c1-19(2)16(21)13-7-8-15(18-11-13)20(3)14-6-4-5-12(9-14)10-17/h4-9,11H,10,17H2,1-3H3. The van der Waals surface area contributed by atoms with Crippen LogP contribution in [0, 0.1) is 0 Å². The third-order valence-corrected chi connectivity index (χ3v) is 3.28. The van der Waals surface area contributed by atoms with Crippen LogP contribution in [0.2, 0.25) is 0 Å². The second kappa shape index (κ2) is 6.37. The Morgan fingerprint density at radius 2 is 1.95 bits per heavy atom. The summed E-state index contributed by atoms with van der Waals surface area (Å²) in [6.07, 6.45) is 1.60. The monoisotopic (exact) mass is 284 g/mol. The molecule has 2 rings (SSSR count). The lowest BCUT2D eigenvalue weighted by molar-refractivity contribution is 0.0827. The molecular formula is C16H20N4O. The van der Waals surface area contributed by atoms with Crippen LogP contribution in [0.1, 0.15) is 15.9 Å². The van der Waals surface area contributed by atoms with Gasteiger partial charge in [-0.25, -0.2) is 4.98 Å². The van der Waals surface area contributed by atoms with Gasteiger partial charge in [0.1, 0.15) is 5.82 Å². The van der Waals surface area contributed by atoms with Crippen molar-refractivity contribution in [2.75, 3.05) is 26.0 Å². The van der Waals surface area contributed by atoms with Crippen LogP contribution in [0.5, 0.6) is 0 Å². The molecule has 21 heavy (non-hydrogen) atoms. The topological polar surface area (TPSA) is 62.5 Å². The van der Waals surface area contributed by atoms with Crippen molar-refractivity contribution in [2.45, 2.75) is 6.54 Å². The predicted octanol–water partition coefficient (Wildman–Crippen LogP) is 2.01. The maximum absolute atomic E-state index is 11.8. The van der Waals surface area contributed by atoms with Crippen LogP contribution in [-0.4, -0.2) is 36.9 Å². The Kier molecular flexibility index (Phi) is 4.55. The van der Waals surface area contributed by atoms with E-state index in [0.717, 1.165) is 17.1 Å². The van der Waals surface area contributed by atoms with Gasteiger partial charge in [0.2, 0.25) is 0 Å². The summed E-state index contributed by atoms with van der Waals surface area (Å²) < 4.78 is 0. The van der Waals surface area contributed by atoms with Gasteiger partial charge in [-0.1, -0.05) is 12.1 Å². The Balaban J connectivity index is 2.23. The summed E-state index contributed by atoms with van der Waals surface area (Å²) >= 11 is 0. The minimum Gasteiger partial charge on any atom is -0.345 e. The van der Waals surface area contributed by atoms with Gasteiger partial charge in [0.05, 0.1) is 5.56 Å². The highest BCUT2D eigenvalue weighted by Crippen LogP contribution is 2.22. The number of nitrogens with two attached hydrogens (primary N) is 1. The number of amides is 1. The molecular weight excluding hydrogens is 264 g/mol. The SMILES string of the molecule is CN(C)C(=O)c1ccc(N(C)c2cccc(CN)c2)nc1. The molecule has 0 spiro atoms. The van der Waals surface area contributed by atoms with Crippen molar-refractivity contribution >= 4 is 17.4 Å². The molecule has 0 unspecified atom stereocenters. The summed E-state index contributed by atoms with van der Waals surface area (Å²) in [5.74, 6) is 0.723. The molecule has 1 heterocycles. The van der Waals surface area contributed by atoms with Crippen LogP contribution < -0.4 is 10.6 Å². The fraction of sp³-hybridized carbons (Fsp3) is 0.250. The number of rotatable bonds is 4. The second-order valence-electron chi connectivity index (χ2n) is 5.04. The fourth-order valence-corrected chi connectivity index (χ4v) is 1.99. The number of nitrogens with zero attached hydrogens (tertiary/aromatic N) is 3. The van der Waals surface area contributed by atoms with Crippen molar-refractivity contribution in [2.24, 2.45) is 5.73 Å². The number of aromatic nitrogens is 1. The van der Waals surface area contributed by atoms with E-state index in [-0.39, 0.29) is 5.91 Å². The van der Waals surface area contributed by atoms with Crippen LogP contribution in [0.15, 0.2) is 42.6 Å². The van der Waals surface area contributed by atoms with Crippen molar-refractivity contribution in [3.63, 3.8) is 0 Å². The third kappa shape index (κ3) is 3.38. The number of carbonyl (C=O) groups is 1. The molecule has 0 saturated carbocycles. The smallest absolute Gasteiger partial charge is 0.254 e. The lowest BCUT2D eigenvalue weighted by Crippen LogP contribution is -2.22. The molecule has 1 amide bonds. The van der Waals surface area contributed by atoms with Crippen LogP contribution in [0.3, 0.4) is 0 Å². The van der Waals surface area contributed by atoms with Gasteiger partial charge in [-0.3, -0.25) is 4.79 Å². The molecule has 0 saturated heterocycles. The van der Waals surface area contributed by atoms with Gasteiger partial charge < -0.3 is 15.5 Å². The molecule has 1 aromatic carbocycles. The number of anilines is 2. The second-order valence-corrected chi connectivity index (χ2v) is 5.04. The molecule has 0 aliphatic carbocycles. The molecule has 1 aromatic heterocycles. The zero-order valence-electron chi connectivity index (χ0n) is 12.6. The molecule has 0 atom stereocenters. The minimum atomic E-state index is -0.0539. The molecule has 5 nitrogen and oxygen atoms in total. The molecule has 0 radical (unpaired) electrons. The van der Waals surface area contributed by atoms with E-state index in [1.807, 2.05) is 42.3 Å². The Morgan fingerprint density at radius 3 is 2.52 bits per heavy atom. The number of pyridine rings is 1. The normalized spacial score (nSPS) is 10.3. The summed E-state index contributed by atoms with van der Waals surface area (Å²) in [5, 5.41) is 0. The number of carbonyl (C=O) groups excluding carboxylic acids is 1. The number of benzene rings is 1. The van der Waals surface area contributed by atoms with E-state index in [2.05, 4.69) is 4.98 Å². The molecule has 110 valence electrons. The van der Waals surface area contributed by atoms with Crippen LogP contribution in [-0.2, 0) is 6.54 Å². The average Bonchev–Trinajstić information content (AvgIpc) is 2.53. The Bertz CT molecular complexity index is 622. The number of hydrogen-bond acceptors (Lipinski definition) is 4. The average molecular weight is 284 g/mol. The first-order valence-electron chi connectivity index (χ1n) is 6.73. The van der Waals surface area contributed by atoms with E-state index < -0.39 is 0 Å². The summed E-state index contributed by atoms with van der Waals surface area (Å²) in [7, 11) is 5.38. The Labute approximate surface area is 125 Å². The zero-order valence-corrected chi connectivity index (χ0v) is 12.6. The van der Waals surface area contributed by atoms with Crippen LogP contribution in [0.25, 0.3) is 0 Å². The van der Waals surface area contributed by atoms with E-state index in [1.165, 1.54) is 4.90 Å². The van der Waals surface area contributed by atoms with Gasteiger partial charge in [-0.2, -0.15) is 0 Å². The zero-order chi connectivity index (χ0) is 15.4. The van der Waals surface area contributed by atoms with Crippen molar-refractivity contribution in [3.8, 4) is 0 Å². The first-order chi connectivity index (χ1) is 10.0. The van der Waals surface area contributed by atoms with Gasteiger partial charge in [-0.05, 0) is 29.8 Å². The van der Waals surface area contributed by atoms with E-state index in [9.17, 15) is 4.79 Å². The Hall–Kier alpha value is -2.40. The molecule has 2 aromatic rings. The molecule has 0 bridgehead atoms. The summed E-state index contributed by atoms with van der Waals surface area (Å²) in [6, 6.07) is 11.6. The van der Waals surface area contributed by atoms with Crippen LogP contribution in [0.4, 0.5) is 11.5 Å². The quantitative estimate of drug-likeness (QED) is 0.933. The molecule has 0 aliphatic rings. The largest absolute Gasteiger partial charge is 0.345 e. The van der Waals surface area contributed by atoms with Gasteiger partial charge in [-0.15, -0.1) is 0 Å². The van der Waals surface area contributed by atoms with Gasteiger partial charge in [0, 0.05) is 39.6 Å². The first-order valence-corrected chi connectivity index (χ1v) is 6.73. The van der Waals surface area contributed by atoms with E-state index >= 15 is 0 Å². The third-order valence-electron chi connectivity index (χ3n) is 3.28. The van der Waals surface area contributed by atoms with E-state index in [0.29, 0.717) is 12.1 Å². The molecule has 2 N–H and O–H groups in total. The summed E-state index contributed by atoms with van der Waals surface area (Å²) in [4.78, 5) is 19.7. The van der Waals surface area contributed by atoms with Gasteiger partial charge in [0.15, 0.2) is 0 Å². The fourth-order valence-electron chi connectivity index (χ4n) is 1.99. The highest BCUT2D eigenvalue weighted by Gasteiger charge is 2.10. The molecule has 5 heteroatoms. The van der Waals surface area contributed by atoms with Crippen molar-refractivity contribution in [3.05, 3.63) is 53.7 Å². The van der Waals surface area contributed by atoms with Crippen molar-refractivity contribution in [1.82, 2.24) is 9.88 Å². The number of hydrogen-bond donors (Lipinski definition) is 1. The highest BCUT2D eigenvalue weighted by molar-refractivity contribution is 5.93. The van der Waals surface area contributed by atoms with Gasteiger partial charge in [0.25, 0.3) is 5.91 Å². The lowest BCUT2D eigenvalue weighted by atomic mass is 10.2.